The van der Waals surface area contributed by atoms with Gasteiger partial charge in [-0.1, -0.05) is 6.92 Å². The second kappa shape index (κ2) is 3.70. The second-order valence-corrected chi connectivity index (χ2v) is 3.26. The van der Waals surface area contributed by atoms with E-state index in [1.807, 2.05) is 13.8 Å². The van der Waals surface area contributed by atoms with E-state index in [4.69, 9.17) is 4.74 Å². The molecular formula is C9H14O3. The quantitative estimate of drug-likeness (QED) is 0.587. The van der Waals surface area contributed by atoms with Gasteiger partial charge in [-0.15, -0.1) is 0 Å². The van der Waals surface area contributed by atoms with Crippen LogP contribution in [-0.2, 0) is 14.3 Å². The third kappa shape index (κ3) is 2.06. The van der Waals surface area contributed by atoms with Gasteiger partial charge in [0.1, 0.15) is 5.78 Å². The second-order valence-electron chi connectivity index (χ2n) is 3.26. The average molecular weight is 170 g/mol. The summed E-state index contributed by atoms with van der Waals surface area (Å²) in [5, 5.41) is 0. The van der Waals surface area contributed by atoms with Crippen molar-refractivity contribution in [3.8, 4) is 0 Å². The van der Waals surface area contributed by atoms with Crippen LogP contribution < -0.4 is 0 Å². The first-order valence-corrected chi connectivity index (χ1v) is 4.35. The van der Waals surface area contributed by atoms with Crippen molar-refractivity contribution in [1.29, 1.82) is 0 Å². The van der Waals surface area contributed by atoms with Gasteiger partial charge >= 0.3 is 5.97 Å². The molecular weight excluding hydrogens is 156 g/mol. The number of hydrogen-bond donors (Lipinski definition) is 0. The van der Waals surface area contributed by atoms with Gasteiger partial charge in [0, 0.05) is 12.3 Å². The number of cyclic esters (lactones) is 1. The van der Waals surface area contributed by atoms with Crippen molar-refractivity contribution in [3.05, 3.63) is 0 Å². The minimum Gasteiger partial charge on any atom is -0.463 e. The third-order valence-electron chi connectivity index (χ3n) is 2.17. The molecule has 0 spiro atoms. The van der Waals surface area contributed by atoms with Crippen LogP contribution in [0.5, 0.6) is 0 Å². The van der Waals surface area contributed by atoms with Gasteiger partial charge in [-0.3, -0.25) is 9.59 Å². The molecule has 0 radical (unpaired) electrons. The predicted octanol–water partition coefficient (Wildman–Crippen LogP) is 1.31. The van der Waals surface area contributed by atoms with Crippen molar-refractivity contribution < 1.29 is 14.3 Å². The Hall–Kier alpha value is -0.860. The topological polar surface area (TPSA) is 43.4 Å². The SMILES string of the molecule is CCC(=O)C1CC(=O)OC(C)C1. The summed E-state index contributed by atoms with van der Waals surface area (Å²) < 4.78 is 4.92. The Morgan fingerprint density at radius 3 is 2.83 bits per heavy atom. The fraction of sp³-hybridized carbons (Fsp3) is 0.778. The Labute approximate surface area is 72.1 Å². The van der Waals surface area contributed by atoms with Crippen LogP contribution in [0.15, 0.2) is 0 Å². The molecule has 1 aliphatic rings. The number of ether oxygens (including phenoxy) is 1. The highest BCUT2D eigenvalue weighted by molar-refractivity contribution is 5.85. The first-order chi connectivity index (χ1) is 5.63. The maximum atomic E-state index is 11.3. The van der Waals surface area contributed by atoms with Crippen molar-refractivity contribution in [2.24, 2.45) is 5.92 Å². The van der Waals surface area contributed by atoms with Crippen LogP contribution >= 0.6 is 0 Å². The molecule has 1 rings (SSSR count). The normalized spacial score (nSPS) is 29.7. The number of carbonyl (C=O) groups excluding carboxylic acids is 2. The molecule has 1 aliphatic heterocycles. The lowest BCUT2D eigenvalue weighted by molar-refractivity contribution is -0.158. The molecule has 68 valence electrons. The number of carbonyl (C=O) groups is 2. The van der Waals surface area contributed by atoms with E-state index in [1.54, 1.807) is 0 Å². The summed E-state index contributed by atoms with van der Waals surface area (Å²) in [6.07, 6.45) is 1.40. The van der Waals surface area contributed by atoms with Gasteiger partial charge < -0.3 is 4.74 Å². The fourth-order valence-electron chi connectivity index (χ4n) is 1.54. The summed E-state index contributed by atoms with van der Waals surface area (Å²) in [6, 6.07) is 0. The highest BCUT2D eigenvalue weighted by Crippen LogP contribution is 2.22. The molecule has 0 N–H and O–H groups in total. The van der Waals surface area contributed by atoms with E-state index in [0.717, 1.165) is 0 Å². The molecule has 12 heavy (non-hydrogen) atoms. The molecule has 2 unspecified atom stereocenters. The van der Waals surface area contributed by atoms with Gasteiger partial charge in [0.05, 0.1) is 12.5 Å². The maximum Gasteiger partial charge on any atom is 0.306 e. The van der Waals surface area contributed by atoms with Gasteiger partial charge in [0.15, 0.2) is 0 Å². The van der Waals surface area contributed by atoms with Crippen molar-refractivity contribution >= 4 is 11.8 Å². The van der Waals surface area contributed by atoms with E-state index in [9.17, 15) is 9.59 Å². The largest absolute Gasteiger partial charge is 0.463 e. The van der Waals surface area contributed by atoms with Crippen LogP contribution in [0.2, 0.25) is 0 Å². The molecule has 0 aliphatic carbocycles. The predicted molar refractivity (Wildman–Crippen MR) is 43.6 cm³/mol. The Bertz CT molecular complexity index is 198. The summed E-state index contributed by atoms with van der Waals surface area (Å²) in [4.78, 5) is 22.2. The molecule has 3 heteroatoms. The van der Waals surface area contributed by atoms with Gasteiger partial charge in [-0.05, 0) is 13.3 Å². The van der Waals surface area contributed by atoms with Gasteiger partial charge in [0.2, 0.25) is 0 Å². The van der Waals surface area contributed by atoms with Gasteiger partial charge in [-0.25, -0.2) is 0 Å². The fourth-order valence-corrected chi connectivity index (χ4v) is 1.54. The zero-order valence-corrected chi connectivity index (χ0v) is 7.50. The van der Waals surface area contributed by atoms with Crippen LogP contribution in [0.25, 0.3) is 0 Å². The molecule has 0 aromatic carbocycles. The first kappa shape index (κ1) is 9.23. The highest BCUT2D eigenvalue weighted by Gasteiger charge is 2.29. The van der Waals surface area contributed by atoms with Crippen LogP contribution in [-0.4, -0.2) is 17.9 Å². The molecule has 0 saturated carbocycles. The van der Waals surface area contributed by atoms with E-state index in [0.29, 0.717) is 12.8 Å². The lowest BCUT2D eigenvalue weighted by atomic mass is 9.90. The van der Waals surface area contributed by atoms with Crippen molar-refractivity contribution in [1.82, 2.24) is 0 Å². The van der Waals surface area contributed by atoms with Gasteiger partial charge in [0.25, 0.3) is 0 Å². The summed E-state index contributed by atoms with van der Waals surface area (Å²) in [5.74, 6) is -0.148. The molecule has 0 amide bonds. The summed E-state index contributed by atoms with van der Waals surface area (Å²) in [7, 11) is 0. The monoisotopic (exact) mass is 170 g/mol. The number of ketones is 1. The van der Waals surface area contributed by atoms with Crippen molar-refractivity contribution in [2.75, 3.05) is 0 Å². The molecule has 3 nitrogen and oxygen atoms in total. The highest BCUT2D eigenvalue weighted by atomic mass is 16.5. The number of Topliss-reactive ketones (excluding diaryl/α,β-unsaturated/α-hetero) is 1. The minimum absolute atomic E-state index is 0.0910. The third-order valence-corrected chi connectivity index (χ3v) is 2.17. The summed E-state index contributed by atoms with van der Waals surface area (Å²) >= 11 is 0. The van der Waals surface area contributed by atoms with Crippen molar-refractivity contribution in [3.63, 3.8) is 0 Å². The molecule has 1 saturated heterocycles. The van der Waals surface area contributed by atoms with Crippen molar-refractivity contribution in [2.45, 2.75) is 39.2 Å². The molecule has 0 aromatic heterocycles. The maximum absolute atomic E-state index is 11.3. The number of rotatable bonds is 2. The zero-order chi connectivity index (χ0) is 9.14. The Morgan fingerprint density at radius 1 is 1.67 bits per heavy atom. The smallest absolute Gasteiger partial charge is 0.306 e. The van der Waals surface area contributed by atoms with Crippen LogP contribution in [0.1, 0.15) is 33.1 Å². The molecule has 0 bridgehead atoms. The number of esters is 1. The molecule has 1 heterocycles. The number of hydrogen-bond acceptors (Lipinski definition) is 3. The van der Waals surface area contributed by atoms with E-state index in [-0.39, 0.29) is 30.2 Å². The van der Waals surface area contributed by atoms with Crippen LogP contribution in [0, 0.1) is 5.92 Å². The molecule has 1 fully saturated rings. The van der Waals surface area contributed by atoms with E-state index in [1.165, 1.54) is 0 Å². The Kier molecular flexibility index (Phi) is 2.84. The Morgan fingerprint density at radius 2 is 2.33 bits per heavy atom. The van der Waals surface area contributed by atoms with Gasteiger partial charge in [-0.2, -0.15) is 0 Å². The van der Waals surface area contributed by atoms with Crippen LogP contribution in [0.4, 0.5) is 0 Å². The lowest BCUT2D eigenvalue weighted by Gasteiger charge is -2.25. The summed E-state index contributed by atoms with van der Waals surface area (Å²) in [5.41, 5.74) is 0. The first-order valence-electron chi connectivity index (χ1n) is 4.35. The average Bonchev–Trinajstić information content (AvgIpc) is 2.01. The van der Waals surface area contributed by atoms with E-state index in [2.05, 4.69) is 0 Å². The zero-order valence-electron chi connectivity index (χ0n) is 7.50. The van der Waals surface area contributed by atoms with E-state index >= 15 is 0 Å². The van der Waals surface area contributed by atoms with E-state index < -0.39 is 0 Å². The lowest BCUT2D eigenvalue weighted by Crippen LogP contribution is -2.31. The summed E-state index contributed by atoms with van der Waals surface area (Å²) in [6.45, 7) is 3.65. The molecule has 0 aromatic rings. The molecule has 2 atom stereocenters. The Balaban J connectivity index is 2.55. The standard InChI is InChI=1S/C9H14O3/c1-3-8(10)7-4-6(2)12-9(11)5-7/h6-7H,3-5H2,1-2H3. The van der Waals surface area contributed by atoms with Crippen LogP contribution in [0.3, 0.4) is 0 Å². The minimum atomic E-state index is -0.236.